The third kappa shape index (κ3) is 6.63. The third-order valence-corrected chi connectivity index (χ3v) is 2.47. The fourth-order valence-corrected chi connectivity index (χ4v) is 1.48. The Labute approximate surface area is 102 Å². The molecule has 0 atom stereocenters. The van der Waals surface area contributed by atoms with E-state index in [1.54, 1.807) is 12.3 Å². The molecule has 0 unspecified atom stereocenters. The maximum Gasteiger partial charge on any atom is 0.220 e. The average molecular weight is 236 g/mol. The molecule has 1 aromatic heterocycles. The zero-order valence-electron chi connectivity index (χ0n) is 10.1. The Bertz CT molecular complexity index is 316. The van der Waals surface area contributed by atoms with Crippen LogP contribution in [-0.4, -0.2) is 22.4 Å². The second kappa shape index (κ2) is 8.64. The van der Waals surface area contributed by atoms with Crippen LogP contribution < -0.4 is 11.1 Å². The lowest BCUT2D eigenvalue weighted by Gasteiger charge is -2.04. The van der Waals surface area contributed by atoms with Crippen LogP contribution in [0.3, 0.4) is 0 Å². The highest BCUT2D eigenvalue weighted by atomic mass is 16.1. The number of rotatable bonds is 8. The average Bonchev–Trinajstić information content (AvgIpc) is 2.37. The van der Waals surface area contributed by atoms with Gasteiger partial charge in [-0.3, -0.25) is 4.79 Å². The van der Waals surface area contributed by atoms with Gasteiger partial charge in [-0.25, -0.2) is 9.97 Å². The number of unbranched alkanes of at least 4 members (excludes halogenated alkanes) is 3. The highest BCUT2D eigenvalue weighted by Gasteiger charge is 2.01. The molecule has 0 spiro atoms. The van der Waals surface area contributed by atoms with Crippen LogP contribution in [0.4, 0.5) is 0 Å². The van der Waals surface area contributed by atoms with Crippen molar-refractivity contribution in [1.29, 1.82) is 0 Å². The number of hydrogen-bond acceptors (Lipinski definition) is 4. The molecule has 0 fully saturated rings. The Balaban J connectivity index is 2.05. The summed E-state index contributed by atoms with van der Waals surface area (Å²) in [6.07, 6.45) is 7.87. The fourth-order valence-electron chi connectivity index (χ4n) is 1.48. The van der Waals surface area contributed by atoms with Crippen LogP contribution in [0.1, 0.15) is 37.8 Å². The molecule has 94 valence electrons. The number of nitrogens with one attached hydrogen (secondary N) is 1. The second-order valence-corrected chi connectivity index (χ2v) is 3.93. The summed E-state index contributed by atoms with van der Waals surface area (Å²) in [6, 6.07) is 1.79. The molecule has 1 rings (SSSR count). The lowest BCUT2D eigenvalue weighted by Crippen LogP contribution is -2.22. The lowest BCUT2D eigenvalue weighted by molar-refractivity contribution is -0.121. The van der Waals surface area contributed by atoms with Crippen LogP contribution in [0.25, 0.3) is 0 Å². The van der Waals surface area contributed by atoms with Crippen LogP contribution in [0.2, 0.25) is 0 Å². The van der Waals surface area contributed by atoms with E-state index >= 15 is 0 Å². The Morgan fingerprint density at radius 1 is 1.29 bits per heavy atom. The van der Waals surface area contributed by atoms with Crippen LogP contribution in [0, 0.1) is 0 Å². The third-order valence-electron chi connectivity index (χ3n) is 2.47. The SMILES string of the molecule is NCCCCCCC(=O)NCc1ccncn1. The summed E-state index contributed by atoms with van der Waals surface area (Å²) in [5, 5.41) is 2.84. The minimum absolute atomic E-state index is 0.0800. The van der Waals surface area contributed by atoms with Crippen LogP contribution in [0.5, 0.6) is 0 Å². The molecule has 5 nitrogen and oxygen atoms in total. The molecule has 17 heavy (non-hydrogen) atoms. The van der Waals surface area contributed by atoms with Crippen molar-refractivity contribution in [2.45, 2.75) is 38.6 Å². The largest absolute Gasteiger partial charge is 0.350 e. The normalized spacial score (nSPS) is 10.2. The molecule has 0 aliphatic heterocycles. The summed E-state index contributed by atoms with van der Waals surface area (Å²) >= 11 is 0. The molecule has 1 aromatic rings. The smallest absolute Gasteiger partial charge is 0.220 e. The number of carbonyl (C=O) groups is 1. The summed E-state index contributed by atoms with van der Waals surface area (Å²) in [5.74, 6) is 0.0800. The first-order valence-corrected chi connectivity index (χ1v) is 6.04. The minimum Gasteiger partial charge on any atom is -0.350 e. The van der Waals surface area contributed by atoms with E-state index < -0.39 is 0 Å². The van der Waals surface area contributed by atoms with E-state index in [-0.39, 0.29) is 5.91 Å². The maximum absolute atomic E-state index is 11.5. The fraction of sp³-hybridized carbons (Fsp3) is 0.583. The first-order valence-electron chi connectivity index (χ1n) is 6.04. The zero-order valence-corrected chi connectivity index (χ0v) is 10.1. The molecule has 0 bridgehead atoms. The van der Waals surface area contributed by atoms with E-state index in [0.717, 1.165) is 37.9 Å². The van der Waals surface area contributed by atoms with Gasteiger partial charge in [0.2, 0.25) is 5.91 Å². The molecule has 5 heteroatoms. The Morgan fingerprint density at radius 2 is 2.12 bits per heavy atom. The van der Waals surface area contributed by atoms with Crippen molar-refractivity contribution in [2.75, 3.05) is 6.54 Å². The van der Waals surface area contributed by atoms with Gasteiger partial charge in [-0.2, -0.15) is 0 Å². The van der Waals surface area contributed by atoms with E-state index in [0.29, 0.717) is 13.0 Å². The second-order valence-electron chi connectivity index (χ2n) is 3.93. The van der Waals surface area contributed by atoms with E-state index in [9.17, 15) is 4.79 Å². The molecule has 0 aliphatic carbocycles. The molecule has 1 amide bonds. The number of amides is 1. The molecule has 0 saturated heterocycles. The van der Waals surface area contributed by atoms with E-state index in [1.807, 2.05) is 0 Å². The van der Waals surface area contributed by atoms with Crippen molar-refractivity contribution in [3.8, 4) is 0 Å². The van der Waals surface area contributed by atoms with Gasteiger partial charge in [0.05, 0.1) is 12.2 Å². The summed E-state index contributed by atoms with van der Waals surface area (Å²) in [4.78, 5) is 19.3. The highest BCUT2D eigenvalue weighted by Crippen LogP contribution is 2.02. The first kappa shape index (κ1) is 13.6. The zero-order chi connectivity index (χ0) is 12.3. The number of carbonyl (C=O) groups excluding carboxylic acids is 1. The van der Waals surface area contributed by atoms with Crippen molar-refractivity contribution in [3.63, 3.8) is 0 Å². The van der Waals surface area contributed by atoms with Gasteiger partial charge in [-0.1, -0.05) is 12.8 Å². The predicted molar refractivity (Wildman–Crippen MR) is 66.0 cm³/mol. The molecular formula is C12H20N4O. The molecule has 3 N–H and O–H groups in total. The standard InChI is InChI=1S/C12H20N4O/c13-7-4-2-1-3-5-12(17)15-9-11-6-8-14-10-16-11/h6,8,10H,1-5,7,9,13H2,(H,15,17). The molecular weight excluding hydrogens is 216 g/mol. The Kier molecular flexibility index (Phi) is 6.90. The number of hydrogen-bond donors (Lipinski definition) is 2. The molecule has 0 saturated carbocycles. The van der Waals surface area contributed by atoms with Gasteiger partial charge in [0, 0.05) is 12.6 Å². The molecule has 0 aromatic carbocycles. The number of aromatic nitrogens is 2. The number of nitrogens with zero attached hydrogens (tertiary/aromatic N) is 2. The van der Waals surface area contributed by atoms with E-state index in [2.05, 4.69) is 15.3 Å². The van der Waals surface area contributed by atoms with E-state index in [4.69, 9.17) is 5.73 Å². The minimum atomic E-state index is 0.0800. The van der Waals surface area contributed by atoms with Crippen LogP contribution >= 0.6 is 0 Å². The van der Waals surface area contributed by atoms with Gasteiger partial charge >= 0.3 is 0 Å². The molecule has 0 aliphatic rings. The number of nitrogens with two attached hydrogens (primary N) is 1. The van der Waals surface area contributed by atoms with Gasteiger partial charge in [0.25, 0.3) is 0 Å². The summed E-state index contributed by atoms with van der Waals surface area (Å²) in [7, 11) is 0. The van der Waals surface area contributed by atoms with E-state index in [1.165, 1.54) is 6.33 Å². The van der Waals surface area contributed by atoms with Crippen molar-refractivity contribution in [1.82, 2.24) is 15.3 Å². The van der Waals surface area contributed by atoms with Gasteiger partial charge < -0.3 is 11.1 Å². The Morgan fingerprint density at radius 3 is 2.82 bits per heavy atom. The van der Waals surface area contributed by atoms with Crippen molar-refractivity contribution >= 4 is 5.91 Å². The topological polar surface area (TPSA) is 80.9 Å². The van der Waals surface area contributed by atoms with Crippen molar-refractivity contribution < 1.29 is 4.79 Å². The quantitative estimate of drug-likeness (QED) is 0.660. The first-order chi connectivity index (χ1) is 8.33. The monoisotopic (exact) mass is 236 g/mol. The summed E-state index contributed by atoms with van der Waals surface area (Å²) in [6.45, 7) is 1.21. The lowest BCUT2D eigenvalue weighted by atomic mass is 10.1. The summed E-state index contributed by atoms with van der Waals surface area (Å²) in [5.41, 5.74) is 6.22. The predicted octanol–water partition coefficient (Wildman–Crippen LogP) is 1.00. The van der Waals surface area contributed by atoms with Crippen molar-refractivity contribution in [3.05, 3.63) is 24.3 Å². The van der Waals surface area contributed by atoms with Crippen molar-refractivity contribution in [2.24, 2.45) is 5.73 Å². The van der Waals surface area contributed by atoms with Gasteiger partial charge in [0.15, 0.2) is 0 Å². The van der Waals surface area contributed by atoms with Gasteiger partial charge in [0.1, 0.15) is 6.33 Å². The summed E-state index contributed by atoms with van der Waals surface area (Å²) < 4.78 is 0. The van der Waals surface area contributed by atoms with Crippen LogP contribution in [-0.2, 0) is 11.3 Å². The maximum atomic E-state index is 11.5. The molecule has 1 heterocycles. The highest BCUT2D eigenvalue weighted by molar-refractivity contribution is 5.75. The van der Waals surface area contributed by atoms with Gasteiger partial charge in [-0.05, 0) is 25.5 Å². The van der Waals surface area contributed by atoms with Gasteiger partial charge in [-0.15, -0.1) is 0 Å². The van der Waals surface area contributed by atoms with Crippen LogP contribution in [0.15, 0.2) is 18.6 Å². The molecule has 0 radical (unpaired) electrons. The Hall–Kier alpha value is -1.49.